The van der Waals surface area contributed by atoms with Crippen LogP contribution in [0.4, 0.5) is 4.39 Å². The number of hydrogen-bond acceptors (Lipinski definition) is 2. The van der Waals surface area contributed by atoms with Gasteiger partial charge in [0.1, 0.15) is 5.82 Å². The maximum absolute atomic E-state index is 16.1. The molecule has 0 saturated heterocycles. The number of hydrogen-bond donors (Lipinski definition) is 1. The lowest BCUT2D eigenvalue weighted by Crippen LogP contribution is -2.24. The molecule has 33 heavy (non-hydrogen) atoms. The van der Waals surface area contributed by atoms with Gasteiger partial charge in [0.15, 0.2) is 0 Å². The number of carboxylic acid groups (broad SMARTS) is 1. The van der Waals surface area contributed by atoms with Gasteiger partial charge in [0.05, 0.1) is 5.92 Å². The Morgan fingerprint density at radius 3 is 2.24 bits per heavy atom. The van der Waals surface area contributed by atoms with Crippen molar-refractivity contribution in [1.29, 1.82) is 0 Å². The molecule has 1 N–H and O–H groups in total. The van der Waals surface area contributed by atoms with Crippen LogP contribution in [0.2, 0.25) is 0 Å². The topological polar surface area (TPSA) is 40.5 Å². The molecule has 3 nitrogen and oxygen atoms in total. The molecule has 0 amide bonds. The third kappa shape index (κ3) is 5.51. The van der Waals surface area contributed by atoms with Crippen LogP contribution in [-0.4, -0.2) is 36.6 Å². The standard InChI is InChI=1S/C29H34FNO2/c1-6-24(19(2)18-31(4)5)22-13-10-14-23(17-22)27-25(20(3)29(32)33)15-16-26(28(27)30)21-11-8-7-9-12-21/h7-17,19-20,24H,6,18H2,1-5H3,(H,32,33)/t19-,20?,24+/m0/s1. The van der Waals surface area contributed by atoms with Gasteiger partial charge in [-0.15, -0.1) is 0 Å². The van der Waals surface area contributed by atoms with Crippen molar-refractivity contribution in [2.75, 3.05) is 20.6 Å². The molecule has 3 rings (SSSR count). The molecule has 174 valence electrons. The monoisotopic (exact) mass is 447 g/mol. The minimum atomic E-state index is -0.967. The first-order chi connectivity index (χ1) is 15.7. The van der Waals surface area contributed by atoms with Gasteiger partial charge in [0.2, 0.25) is 0 Å². The SMILES string of the molecule is CC[C@@H](c1cccc(-c2c(C(C)C(=O)O)ccc(-c3ccccc3)c2F)c1)[C@@H](C)CN(C)C. The van der Waals surface area contributed by atoms with Crippen LogP contribution in [0, 0.1) is 11.7 Å². The van der Waals surface area contributed by atoms with Crippen LogP contribution >= 0.6 is 0 Å². The Hall–Kier alpha value is -2.98. The summed E-state index contributed by atoms with van der Waals surface area (Å²) in [6.07, 6.45) is 0.976. The quantitative estimate of drug-likeness (QED) is 0.382. The molecule has 0 heterocycles. The molecule has 0 aromatic heterocycles. The first kappa shape index (κ1) is 24.7. The Balaban J connectivity index is 2.18. The van der Waals surface area contributed by atoms with Gasteiger partial charge in [-0.1, -0.05) is 80.6 Å². The zero-order valence-corrected chi connectivity index (χ0v) is 20.2. The average molecular weight is 448 g/mol. The highest BCUT2D eigenvalue weighted by molar-refractivity contribution is 5.84. The lowest BCUT2D eigenvalue weighted by Gasteiger charge is -2.26. The Labute approximate surface area is 196 Å². The molecule has 0 saturated carbocycles. The third-order valence-corrected chi connectivity index (χ3v) is 6.48. The second-order valence-electron chi connectivity index (χ2n) is 9.20. The Kier molecular flexibility index (Phi) is 8.04. The normalized spacial score (nSPS) is 14.2. The average Bonchev–Trinajstić information content (AvgIpc) is 2.79. The van der Waals surface area contributed by atoms with Crippen LogP contribution < -0.4 is 0 Å². The summed E-state index contributed by atoms with van der Waals surface area (Å²) < 4.78 is 16.1. The molecular weight excluding hydrogens is 413 g/mol. The smallest absolute Gasteiger partial charge is 0.310 e. The highest BCUT2D eigenvalue weighted by Gasteiger charge is 2.25. The number of carbonyl (C=O) groups is 1. The summed E-state index contributed by atoms with van der Waals surface area (Å²) in [5.41, 5.74) is 4.00. The molecule has 3 aromatic rings. The molecule has 0 radical (unpaired) electrons. The lowest BCUT2D eigenvalue weighted by atomic mass is 9.82. The first-order valence-corrected chi connectivity index (χ1v) is 11.6. The molecule has 0 aliphatic carbocycles. The first-order valence-electron chi connectivity index (χ1n) is 11.6. The van der Waals surface area contributed by atoms with E-state index in [4.69, 9.17) is 0 Å². The van der Waals surface area contributed by atoms with Crippen LogP contribution in [0.5, 0.6) is 0 Å². The summed E-state index contributed by atoms with van der Waals surface area (Å²) in [5, 5.41) is 9.69. The minimum absolute atomic E-state index is 0.327. The van der Waals surface area contributed by atoms with E-state index in [9.17, 15) is 9.90 Å². The molecule has 0 fully saturated rings. The van der Waals surface area contributed by atoms with Gasteiger partial charge in [-0.3, -0.25) is 4.79 Å². The zero-order chi connectivity index (χ0) is 24.1. The number of halogens is 1. The third-order valence-electron chi connectivity index (χ3n) is 6.48. The van der Waals surface area contributed by atoms with Gasteiger partial charge in [0, 0.05) is 17.7 Å². The molecule has 0 aliphatic rings. The zero-order valence-electron chi connectivity index (χ0n) is 20.2. The summed E-state index contributed by atoms with van der Waals surface area (Å²) in [5.74, 6) is -1.41. The fourth-order valence-corrected chi connectivity index (χ4v) is 4.81. The fourth-order valence-electron chi connectivity index (χ4n) is 4.81. The van der Waals surface area contributed by atoms with Crippen LogP contribution in [-0.2, 0) is 4.79 Å². The fraction of sp³-hybridized carbons (Fsp3) is 0.345. The molecule has 0 bridgehead atoms. The van der Waals surface area contributed by atoms with Crippen LogP contribution in [0.15, 0.2) is 66.7 Å². The molecule has 3 aromatic carbocycles. The molecule has 0 aliphatic heterocycles. The van der Waals surface area contributed by atoms with Crippen molar-refractivity contribution in [3.05, 3.63) is 83.7 Å². The van der Waals surface area contributed by atoms with Crippen molar-refractivity contribution in [3.8, 4) is 22.3 Å². The molecular formula is C29H34FNO2. The van der Waals surface area contributed by atoms with Crippen LogP contribution in [0.3, 0.4) is 0 Å². The van der Waals surface area contributed by atoms with Crippen molar-refractivity contribution in [3.63, 3.8) is 0 Å². The second-order valence-corrected chi connectivity index (χ2v) is 9.20. The number of carboxylic acids is 1. The summed E-state index contributed by atoms with van der Waals surface area (Å²) in [7, 11) is 4.15. The van der Waals surface area contributed by atoms with Crippen molar-refractivity contribution in [1.82, 2.24) is 4.90 Å². The summed E-state index contributed by atoms with van der Waals surface area (Å²) >= 11 is 0. The Morgan fingerprint density at radius 2 is 1.64 bits per heavy atom. The summed E-state index contributed by atoms with van der Waals surface area (Å²) in [6, 6.07) is 20.8. The maximum atomic E-state index is 16.1. The highest BCUT2D eigenvalue weighted by atomic mass is 19.1. The number of benzene rings is 3. The van der Waals surface area contributed by atoms with Gasteiger partial charge in [-0.2, -0.15) is 0 Å². The van der Waals surface area contributed by atoms with E-state index in [0.717, 1.165) is 29.7 Å². The number of rotatable bonds is 9. The summed E-state index contributed by atoms with van der Waals surface area (Å²) in [6.45, 7) is 7.00. The highest BCUT2D eigenvalue weighted by Crippen LogP contribution is 2.39. The molecule has 1 unspecified atom stereocenters. The van der Waals surface area contributed by atoms with Crippen molar-refractivity contribution in [2.24, 2.45) is 5.92 Å². The van der Waals surface area contributed by atoms with Crippen LogP contribution in [0.25, 0.3) is 22.3 Å². The predicted octanol–water partition coefficient (Wildman–Crippen LogP) is 7.04. The Morgan fingerprint density at radius 1 is 0.970 bits per heavy atom. The molecule has 0 spiro atoms. The van der Waals surface area contributed by atoms with E-state index in [1.54, 1.807) is 19.1 Å². The Bertz CT molecular complexity index is 1090. The van der Waals surface area contributed by atoms with Gasteiger partial charge in [-0.25, -0.2) is 4.39 Å². The van der Waals surface area contributed by atoms with Crippen molar-refractivity contribution < 1.29 is 14.3 Å². The maximum Gasteiger partial charge on any atom is 0.310 e. The van der Waals surface area contributed by atoms with E-state index in [1.165, 1.54) is 0 Å². The van der Waals surface area contributed by atoms with Gasteiger partial charge in [0.25, 0.3) is 0 Å². The molecule has 3 atom stereocenters. The van der Waals surface area contributed by atoms with Crippen LogP contribution in [0.1, 0.15) is 50.2 Å². The van der Waals surface area contributed by atoms with E-state index >= 15 is 4.39 Å². The van der Waals surface area contributed by atoms with E-state index < -0.39 is 11.9 Å². The largest absolute Gasteiger partial charge is 0.481 e. The van der Waals surface area contributed by atoms with Crippen molar-refractivity contribution >= 4 is 5.97 Å². The second kappa shape index (κ2) is 10.8. The lowest BCUT2D eigenvalue weighted by molar-refractivity contribution is -0.138. The summed E-state index contributed by atoms with van der Waals surface area (Å²) in [4.78, 5) is 14.0. The van der Waals surface area contributed by atoms with Gasteiger partial charge < -0.3 is 10.0 Å². The van der Waals surface area contributed by atoms with Gasteiger partial charge >= 0.3 is 5.97 Å². The van der Waals surface area contributed by atoms with E-state index in [0.29, 0.717) is 28.5 Å². The van der Waals surface area contributed by atoms with E-state index in [-0.39, 0.29) is 5.82 Å². The number of aliphatic carboxylic acids is 1. The minimum Gasteiger partial charge on any atom is -0.481 e. The van der Waals surface area contributed by atoms with E-state index in [1.807, 2.05) is 48.5 Å². The van der Waals surface area contributed by atoms with Gasteiger partial charge in [-0.05, 0) is 61.5 Å². The predicted molar refractivity (Wildman–Crippen MR) is 134 cm³/mol. The molecule has 4 heteroatoms. The van der Waals surface area contributed by atoms with Crippen molar-refractivity contribution in [2.45, 2.75) is 39.0 Å². The van der Waals surface area contributed by atoms with E-state index in [2.05, 4.69) is 38.9 Å². The number of nitrogens with zero attached hydrogens (tertiary/aromatic N) is 1.